The van der Waals surface area contributed by atoms with Crippen molar-refractivity contribution >= 4 is 23.5 Å². The van der Waals surface area contributed by atoms with E-state index in [1.54, 1.807) is 4.90 Å². The summed E-state index contributed by atoms with van der Waals surface area (Å²) in [7, 11) is 0. The van der Waals surface area contributed by atoms with Gasteiger partial charge in [0, 0.05) is 51.0 Å². The number of likely N-dealkylation sites (tertiary alicyclic amines) is 2. The summed E-state index contributed by atoms with van der Waals surface area (Å²) in [6, 6.07) is 5.77. The van der Waals surface area contributed by atoms with Crippen molar-refractivity contribution < 1.29 is 13.6 Å². The number of nitrogens with zero attached hydrogens (tertiary/aromatic N) is 5. The Balaban J connectivity index is 1.12. The average Bonchev–Trinajstić information content (AvgIpc) is 3.21. The molecule has 8 nitrogen and oxygen atoms in total. The van der Waals surface area contributed by atoms with Gasteiger partial charge < -0.3 is 20.4 Å². The highest BCUT2D eigenvalue weighted by Crippen LogP contribution is 2.25. The number of hydrogen-bond acceptors (Lipinski definition) is 6. The van der Waals surface area contributed by atoms with Gasteiger partial charge in [0.05, 0.1) is 0 Å². The molecule has 0 saturated carbocycles. The predicted octanol–water partition coefficient (Wildman–Crippen LogP) is 4.71. The first-order valence-corrected chi connectivity index (χ1v) is 13.7. The Morgan fingerprint density at radius 1 is 0.892 bits per heavy atom. The van der Waals surface area contributed by atoms with Crippen LogP contribution >= 0.6 is 0 Å². The highest BCUT2D eigenvalue weighted by atomic mass is 19.1. The Bertz CT molecular complexity index is 1030. The lowest BCUT2D eigenvalue weighted by Crippen LogP contribution is -2.52. The molecule has 4 heterocycles. The van der Waals surface area contributed by atoms with E-state index in [9.17, 15) is 13.6 Å². The first kappa shape index (κ1) is 25.6. The summed E-state index contributed by atoms with van der Waals surface area (Å²) in [4.78, 5) is 28.5. The second-order valence-corrected chi connectivity index (χ2v) is 10.4. The van der Waals surface area contributed by atoms with Gasteiger partial charge in [0.25, 0.3) is 0 Å². The number of aromatic nitrogens is 2. The van der Waals surface area contributed by atoms with Crippen LogP contribution in [0.3, 0.4) is 0 Å². The van der Waals surface area contributed by atoms with Crippen LogP contribution < -0.4 is 15.5 Å². The van der Waals surface area contributed by atoms with E-state index in [0.717, 1.165) is 69.8 Å². The van der Waals surface area contributed by atoms with E-state index in [1.165, 1.54) is 31.7 Å². The largest absolute Gasteiger partial charge is 0.356 e. The van der Waals surface area contributed by atoms with Crippen LogP contribution in [0.15, 0.2) is 30.5 Å². The van der Waals surface area contributed by atoms with Gasteiger partial charge in [-0.15, -0.1) is 0 Å². The molecule has 37 heavy (non-hydrogen) atoms. The molecule has 1 aromatic carbocycles. The number of nitrogens with one attached hydrogen (secondary N) is 2. The molecule has 0 spiro atoms. The Morgan fingerprint density at radius 2 is 1.62 bits per heavy atom. The minimum Gasteiger partial charge on any atom is -0.356 e. The van der Waals surface area contributed by atoms with E-state index in [1.807, 2.05) is 12.3 Å². The molecule has 3 saturated heterocycles. The third-order valence-electron chi connectivity index (χ3n) is 7.82. The van der Waals surface area contributed by atoms with E-state index >= 15 is 0 Å². The molecule has 1 unspecified atom stereocenters. The SMILES string of the molecule is O=C(Nc1c(F)cccc1F)N1CCC(N2CCCC(Nc3nccc(N4CCCCCC4)n3)C2)CC1. The highest BCUT2D eigenvalue weighted by Gasteiger charge is 2.31. The number of halogens is 2. The zero-order chi connectivity index (χ0) is 25.6. The number of urea groups is 1. The number of carbonyl (C=O) groups excluding carboxylic acids is 1. The lowest BCUT2D eigenvalue weighted by molar-refractivity contribution is 0.0996. The summed E-state index contributed by atoms with van der Waals surface area (Å²) < 4.78 is 27.8. The third kappa shape index (κ3) is 6.47. The van der Waals surface area contributed by atoms with Gasteiger partial charge in [-0.05, 0) is 63.3 Å². The van der Waals surface area contributed by atoms with Crippen molar-refractivity contribution in [3.63, 3.8) is 0 Å². The fourth-order valence-corrected chi connectivity index (χ4v) is 5.77. The van der Waals surface area contributed by atoms with Gasteiger partial charge in [-0.3, -0.25) is 4.90 Å². The normalized spacial score (nSPS) is 21.9. The summed E-state index contributed by atoms with van der Waals surface area (Å²) >= 11 is 0. The summed E-state index contributed by atoms with van der Waals surface area (Å²) in [5.74, 6) is 0.167. The van der Waals surface area contributed by atoms with Gasteiger partial charge >= 0.3 is 6.03 Å². The number of para-hydroxylation sites is 1. The molecular formula is C27H37F2N7O. The van der Waals surface area contributed by atoms with Gasteiger partial charge in [0.2, 0.25) is 5.95 Å². The molecule has 3 aliphatic rings. The first-order chi connectivity index (χ1) is 18.1. The fraction of sp³-hybridized carbons (Fsp3) is 0.593. The topological polar surface area (TPSA) is 76.6 Å². The molecule has 3 fully saturated rings. The minimum atomic E-state index is -0.768. The molecule has 3 aliphatic heterocycles. The Labute approximate surface area is 217 Å². The van der Waals surface area contributed by atoms with Gasteiger partial charge in [0.1, 0.15) is 23.1 Å². The molecule has 0 aliphatic carbocycles. The van der Waals surface area contributed by atoms with Crippen LogP contribution in [0.2, 0.25) is 0 Å². The van der Waals surface area contributed by atoms with E-state index in [4.69, 9.17) is 4.98 Å². The molecule has 5 rings (SSSR count). The molecule has 1 aromatic heterocycles. The second-order valence-electron chi connectivity index (χ2n) is 10.4. The summed E-state index contributed by atoms with van der Waals surface area (Å²) in [5.41, 5.74) is -0.387. The zero-order valence-corrected chi connectivity index (χ0v) is 21.3. The number of piperidine rings is 2. The summed E-state index contributed by atoms with van der Waals surface area (Å²) in [5, 5.41) is 5.98. The molecule has 2 aromatic rings. The Morgan fingerprint density at radius 3 is 2.35 bits per heavy atom. The summed E-state index contributed by atoms with van der Waals surface area (Å²) in [6.45, 7) is 5.17. The monoisotopic (exact) mass is 513 g/mol. The third-order valence-corrected chi connectivity index (χ3v) is 7.82. The number of anilines is 3. The smallest absolute Gasteiger partial charge is 0.322 e. The van der Waals surface area contributed by atoms with Gasteiger partial charge in [-0.2, -0.15) is 4.98 Å². The Hall–Kier alpha value is -3.01. The van der Waals surface area contributed by atoms with Crippen LogP contribution in [-0.2, 0) is 0 Å². The highest BCUT2D eigenvalue weighted by molar-refractivity contribution is 5.89. The zero-order valence-electron chi connectivity index (χ0n) is 21.3. The number of benzene rings is 1. The summed E-state index contributed by atoms with van der Waals surface area (Å²) in [6.07, 6.45) is 10.7. The van der Waals surface area contributed by atoms with Crippen LogP contribution in [0, 0.1) is 11.6 Å². The van der Waals surface area contributed by atoms with Crippen LogP contribution in [0.25, 0.3) is 0 Å². The van der Waals surface area contributed by atoms with Crippen LogP contribution in [-0.4, -0.2) is 77.2 Å². The lowest BCUT2D eigenvalue weighted by atomic mass is 9.98. The van der Waals surface area contributed by atoms with Gasteiger partial charge in [0.15, 0.2) is 0 Å². The van der Waals surface area contributed by atoms with Gasteiger partial charge in [-0.25, -0.2) is 18.6 Å². The van der Waals surface area contributed by atoms with Crippen LogP contribution in [0.1, 0.15) is 51.4 Å². The second kappa shape index (κ2) is 12.0. The van der Waals surface area contributed by atoms with Crippen LogP contribution in [0.5, 0.6) is 0 Å². The van der Waals surface area contributed by atoms with Gasteiger partial charge in [-0.1, -0.05) is 18.9 Å². The molecule has 2 amide bonds. The van der Waals surface area contributed by atoms with E-state index in [0.29, 0.717) is 25.1 Å². The molecular weight excluding hydrogens is 476 g/mol. The first-order valence-electron chi connectivity index (χ1n) is 13.7. The fourth-order valence-electron chi connectivity index (χ4n) is 5.77. The van der Waals surface area contributed by atoms with Crippen molar-refractivity contribution in [2.75, 3.05) is 54.8 Å². The maximum atomic E-state index is 13.9. The Kier molecular flexibility index (Phi) is 8.33. The van der Waals surface area contributed by atoms with Crippen molar-refractivity contribution in [3.05, 3.63) is 42.1 Å². The lowest BCUT2D eigenvalue weighted by Gasteiger charge is -2.42. The maximum absolute atomic E-state index is 13.9. The molecule has 10 heteroatoms. The van der Waals surface area contributed by atoms with Crippen LogP contribution in [0.4, 0.5) is 31.0 Å². The van der Waals surface area contributed by atoms with E-state index < -0.39 is 17.7 Å². The van der Waals surface area contributed by atoms with Crippen molar-refractivity contribution in [1.29, 1.82) is 0 Å². The number of amides is 2. The van der Waals surface area contributed by atoms with Crippen molar-refractivity contribution in [2.45, 2.75) is 63.5 Å². The standard InChI is InChI=1S/C27H37F2N7O/c28-22-8-5-9-23(29)25(22)33-27(37)35-17-11-21(12-18-35)36-16-6-7-20(19-36)31-26-30-13-10-24(32-26)34-14-3-1-2-4-15-34/h5,8-10,13,20-21H,1-4,6-7,11-12,14-19H2,(H,33,37)(H,30,31,32). The molecule has 200 valence electrons. The minimum absolute atomic E-state index is 0.276. The predicted molar refractivity (Wildman–Crippen MR) is 141 cm³/mol. The quantitative estimate of drug-likeness (QED) is 0.603. The van der Waals surface area contributed by atoms with E-state index in [-0.39, 0.29) is 11.7 Å². The van der Waals surface area contributed by atoms with E-state index in [2.05, 4.69) is 25.4 Å². The molecule has 2 N–H and O–H groups in total. The number of carbonyl (C=O) groups is 1. The molecule has 0 bridgehead atoms. The maximum Gasteiger partial charge on any atom is 0.322 e. The van der Waals surface area contributed by atoms with Crippen molar-refractivity contribution in [3.8, 4) is 0 Å². The number of rotatable bonds is 5. The molecule has 0 radical (unpaired) electrons. The van der Waals surface area contributed by atoms with Crippen molar-refractivity contribution in [2.24, 2.45) is 0 Å². The average molecular weight is 514 g/mol. The number of hydrogen-bond donors (Lipinski definition) is 2. The molecule has 1 atom stereocenters. The van der Waals surface area contributed by atoms with Crippen molar-refractivity contribution in [1.82, 2.24) is 19.8 Å².